The maximum absolute atomic E-state index is 13.0. The van der Waals surface area contributed by atoms with Gasteiger partial charge < -0.3 is 10.6 Å². The highest BCUT2D eigenvalue weighted by molar-refractivity contribution is 7.89. The first-order valence-electron chi connectivity index (χ1n) is 8.07. The maximum atomic E-state index is 13.0. The summed E-state index contributed by atoms with van der Waals surface area (Å²) in [5, 5.41) is 0. The molecule has 0 saturated carbocycles. The highest BCUT2D eigenvalue weighted by atomic mass is 32.2. The summed E-state index contributed by atoms with van der Waals surface area (Å²) in [6.07, 6.45) is 0.811. The zero-order chi connectivity index (χ0) is 17.9. The summed E-state index contributed by atoms with van der Waals surface area (Å²) in [6, 6.07) is 4.19. The number of nitrogens with zero attached hydrogens (tertiary/aromatic N) is 2. The molecule has 0 aromatic heterocycles. The van der Waals surface area contributed by atoms with Crippen LogP contribution >= 0.6 is 0 Å². The van der Waals surface area contributed by atoms with Gasteiger partial charge in [-0.2, -0.15) is 4.31 Å². The van der Waals surface area contributed by atoms with E-state index in [9.17, 15) is 17.6 Å². The number of nitrogens with two attached hydrogens (primary N) is 1. The molecule has 8 heteroatoms. The molecule has 0 aliphatic carbocycles. The molecule has 1 heterocycles. The quantitative estimate of drug-likeness (QED) is 0.853. The summed E-state index contributed by atoms with van der Waals surface area (Å²) in [4.78, 5) is 14.0. The molecule has 0 radical (unpaired) electrons. The second-order valence-corrected chi connectivity index (χ2v) is 8.03. The van der Waals surface area contributed by atoms with E-state index in [0.717, 1.165) is 18.6 Å². The molecule has 1 amide bonds. The van der Waals surface area contributed by atoms with E-state index < -0.39 is 21.9 Å². The Kier molecular flexibility index (Phi) is 5.95. The number of rotatable bonds is 5. The number of halogens is 1. The van der Waals surface area contributed by atoms with Crippen LogP contribution in [0.4, 0.5) is 4.39 Å². The highest BCUT2D eigenvalue weighted by Crippen LogP contribution is 2.19. The Hall–Kier alpha value is -1.51. The predicted molar refractivity (Wildman–Crippen MR) is 89.2 cm³/mol. The van der Waals surface area contributed by atoms with Crippen LogP contribution in [0.1, 0.15) is 20.3 Å². The zero-order valence-corrected chi connectivity index (χ0v) is 14.8. The second-order valence-electron chi connectivity index (χ2n) is 6.09. The fourth-order valence-corrected chi connectivity index (χ4v) is 4.03. The molecule has 2 N–H and O–H groups in total. The van der Waals surface area contributed by atoms with E-state index in [4.69, 9.17) is 5.73 Å². The van der Waals surface area contributed by atoms with Gasteiger partial charge in [-0.1, -0.05) is 20.3 Å². The standard InChI is InChI=1S/C16H24FN3O3S/c1-3-12(2)15(18)16(21)19-8-10-20(11-9-19)24(22,23)14-6-4-13(17)5-7-14/h4-7,12,15H,3,8-11,18H2,1-2H3. The van der Waals surface area contributed by atoms with Crippen LogP contribution in [0.15, 0.2) is 29.2 Å². The lowest BCUT2D eigenvalue weighted by Crippen LogP contribution is -2.55. The normalized spacial score (nSPS) is 19.1. The molecule has 2 atom stereocenters. The average molecular weight is 357 g/mol. The molecule has 2 rings (SSSR count). The van der Waals surface area contributed by atoms with Crippen molar-refractivity contribution >= 4 is 15.9 Å². The van der Waals surface area contributed by atoms with Crippen LogP contribution in [-0.4, -0.2) is 55.8 Å². The minimum absolute atomic E-state index is 0.0555. The fraction of sp³-hybridized carbons (Fsp3) is 0.562. The van der Waals surface area contributed by atoms with E-state index >= 15 is 0 Å². The van der Waals surface area contributed by atoms with Gasteiger partial charge in [0.1, 0.15) is 5.82 Å². The third-order valence-corrected chi connectivity index (χ3v) is 6.46. The molecule has 6 nitrogen and oxygen atoms in total. The van der Waals surface area contributed by atoms with Gasteiger partial charge in [-0.3, -0.25) is 4.79 Å². The SMILES string of the molecule is CCC(C)C(N)C(=O)N1CCN(S(=O)(=O)c2ccc(F)cc2)CC1. The first-order valence-corrected chi connectivity index (χ1v) is 9.51. The lowest BCUT2D eigenvalue weighted by Gasteiger charge is -2.36. The molecule has 1 aromatic carbocycles. The molecular formula is C16H24FN3O3S. The predicted octanol–water partition coefficient (Wildman–Crippen LogP) is 1.03. The van der Waals surface area contributed by atoms with E-state index in [2.05, 4.69) is 0 Å². The molecule has 2 unspecified atom stereocenters. The molecule has 134 valence electrons. The monoisotopic (exact) mass is 357 g/mol. The molecule has 24 heavy (non-hydrogen) atoms. The average Bonchev–Trinajstić information content (AvgIpc) is 2.60. The van der Waals surface area contributed by atoms with E-state index in [1.165, 1.54) is 16.4 Å². The van der Waals surface area contributed by atoms with Gasteiger partial charge in [-0.15, -0.1) is 0 Å². The third-order valence-electron chi connectivity index (χ3n) is 4.54. The van der Waals surface area contributed by atoms with Gasteiger partial charge in [-0.25, -0.2) is 12.8 Å². The summed E-state index contributed by atoms with van der Waals surface area (Å²) in [5.41, 5.74) is 5.97. The van der Waals surface area contributed by atoms with Gasteiger partial charge in [0.25, 0.3) is 0 Å². The number of amides is 1. The van der Waals surface area contributed by atoms with Crippen molar-refractivity contribution in [1.29, 1.82) is 0 Å². The van der Waals surface area contributed by atoms with Crippen LogP contribution in [0.5, 0.6) is 0 Å². The number of carbonyl (C=O) groups excluding carboxylic acids is 1. The fourth-order valence-electron chi connectivity index (χ4n) is 2.61. The van der Waals surface area contributed by atoms with Crippen molar-refractivity contribution in [2.75, 3.05) is 26.2 Å². The number of hydrogen-bond acceptors (Lipinski definition) is 4. The van der Waals surface area contributed by atoms with Gasteiger partial charge in [0.15, 0.2) is 0 Å². The van der Waals surface area contributed by atoms with Crippen LogP contribution in [0, 0.1) is 11.7 Å². The van der Waals surface area contributed by atoms with Crippen molar-refractivity contribution in [3.8, 4) is 0 Å². The molecule has 0 spiro atoms. The minimum atomic E-state index is -3.67. The summed E-state index contributed by atoms with van der Waals surface area (Å²) in [7, 11) is -3.67. The maximum Gasteiger partial charge on any atom is 0.243 e. The van der Waals surface area contributed by atoms with Crippen LogP contribution in [0.3, 0.4) is 0 Å². The van der Waals surface area contributed by atoms with E-state index in [1.54, 1.807) is 4.90 Å². The van der Waals surface area contributed by atoms with Gasteiger partial charge >= 0.3 is 0 Å². The number of hydrogen-bond donors (Lipinski definition) is 1. The largest absolute Gasteiger partial charge is 0.339 e. The number of piperazine rings is 1. The summed E-state index contributed by atoms with van der Waals surface area (Å²) in [6.45, 7) is 4.94. The van der Waals surface area contributed by atoms with Crippen LogP contribution in [0.25, 0.3) is 0 Å². The van der Waals surface area contributed by atoms with E-state index in [0.29, 0.717) is 13.1 Å². The van der Waals surface area contributed by atoms with Gasteiger partial charge in [0.2, 0.25) is 15.9 Å². The van der Waals surface area contributed by atoms with Gasteiger partial charge in [0.05, 0.1) is 10.9 Å². The lowest BCUT2D eigenvalue weighted by molar-refractivity contribution is -0.134. The smallest absolute Gasteiger partial charge is 0.243 e. The van der Waals surface area contributed by atoms with Gasteiger partial charge in [-0.05, 0) is 30.2 Å². The van der Waals surface area contributed by atoms with Crippen LogP contribution in [-0.2, 0) is 14.8 Å². The molecule has 1 saturated heterocycles. The molecule has 1 aliphatic rings. The highest BCUT2D eigenvalue weighted by Gasteiger charge is 2.32. The second kappa shape index (κ2) is 7.58. The number of sulfonamides is 1. The number of benzene rings is 1. The first-order chi connectivity index (χ1) is 11.3. The van der Waals surface area contributed by atoms with Crippen molar-refractivity contribution in [2.24, 2.45) is 11.7 Å². The Balaban J connectivity index is 2.02. The van der Waals surface area contributed by atoms with Crippen molar-refractivity contribution in [3.05, 3.63) is 30.1 Å². The van der Waals surface area contributed by atoms with E-state index in [1.807, 2.05) is 13.8 Å². The van der Waals surface area contributed by atoms with Crippen molar-refractivity contribution in [2.45, 2.75) is 31.2 Å². The van der Waals surface area contributed by atoms with Crippen molar-refractivity contribution in [3.63, 3.8) is 0 Å². The third kappa shape index (κ3) is 3.93. The molecule has 1 aromatic rings. The summed E-state index contributed by atoms with van der Waals surface area (Å²) < 4.78 is 39.4. The van der Waals surface area contributed by atoms with E-state index in [-0.39, 0.29) is 29.8 Å². The zero-order valence-electron chi connectivity index (χ0n) is 14.0. The number of carbonyl (C=O) groups is 1. The first kappa shape index (κ1) is 18.8. The minimum Gasteiger partial charge on any atom is -0.339 e. The lowest BCUT2D eigenvalue weighted by atomic mass is 9.99. The summed E-state index contributed by atoms with van der Waals surface area (Å²) in [5.74, 6) is -0.537. The van der Waals surface area contributed by atoms with Crippen LogP contribution in [0.2, 0.25) is 0 Å². The van der Waals surface area contributed by atoms with Crippen LogP contribution < -0.4 is 5.73 Å². The molecule has 1 aliphatic heterocycles. The van der Waals surface area contributed by atoms with Crippen molar-refractivity contribution < 1.29 is 17.6 Å². The molecule has 0 bridgehead atoms. The van der Waals surface area contributed by atoms with Crippen molar-refractivity contribution in [1.82, 2.24) is 9.21 Å². The Bertz CT molecular complexity index is 670. The Morgan fingerprint density at radius 3 is 2.25 bits per heavy atom. The Morgan fingerprint density at radius 1 is 1.21 bits per heavy atom. The molecule has 1 fully saturated rings. The Labute approximate surface area is 142 Å². The van der Waals surface area contributed by atoms with Gasteiger partial charge in [0, 0.05) is 26.2 Å². The summed E-state index contributed by atoms with van der Waals surface area (Å²) >= 11 is 0. The molecular weight excluding hydrogens is 333 g/mol. The Morgan fingerprint density at radius 2 is 1.75 bits per heavy atom. The topological polar surface area (TPSA) is 83.7 Å².